The maximum Gasteiger partial charge on any atom is 0.0434 e. The van der Waals surface area contributed by atoms with Crippen molar-refractivity contribution in [3.63, 3.8) is 0 Å². The van der Waals surface area contributed by atoms with Gasteiger partial charge in [0, 0.05) is 9.85 Å². The minimum absolute atomic E-state index is 0.404. The van der Waals surface area contributed by atoms with E-state index in [9.17, 15) is 0 Å². The highest BCUT2D eigenvalue weighted by atomic mass is 79.9. The third-order valence-electron chi connectivity index (χ3n) is 4.61. The molecule has 1 fully saturated rings. The lowest BCUT2D eigenvalue weighted by molar-refractivity contribution is 0.457. The Balaban J connectivity index is 2.22. The van der Waals surface area contributed by atoms with Crippen molar-refractivity contribution in [1.82, 2.24) is 0 Å². The van der Waals surface area contributed by atoms with Crippen LogP contribution < -0.4 is 0 Å². The van der Waals surface area contributed by atoms with Crippen LogP contribution in [0.4, 0.5) is 0 Å². The molecule has 16 heavy (non-hydrogen) atoms. The summed E-state index contributed by atoms with van der Waals surface area (Å²) in [5, 5.41) is 0.803. The number of benzene rings is 1. The van der Waals surface area contributed by atoms with Crippen LogP contribution in [0.5, 0.6) is 0 Å². The van der Waals surface area contributed by atoms with E-state index in [-0.39, 0.29) is 0 Å². The van der Waals surface area contributed by atoms with Crippen molar-refractivity contribution in [3.05, 3.63) is 34.9 Å². The summed E-state index contributed by atoms with van der Waals surface area (Å²) in [6.07, 6.45) is 0. The summed E-state index contributed by atoms with van der Waals surface area (Å²) in [4.78, 5) is 0.426. The van der Waals surface area contributed by atoms with Gasteiger partial charge in [-0.25, -0.2) is 0 Å². The van der Waals surface area contributed by atoms with Crippen LogP contribution in [0, 0.1) is 16.7 Å². The van der Waals surface area contributed by atoms with E-state index in [4.69, 9.17) is 11.6 Å². The predicted molar refractivity (Wildman–Crippen MR) is 74.2 cm³/mol. The maximum atomic E-state index is 5.91. The summed E-state index contributed by atoms with van der Waals surface area (Å²) >= 11 is 9.75. The fourth-order valence-electron chi connectivity index (χ4n) is 2.82. The molecule has 0 bridgehead atoms. The van der Waals surface area contributed by atoms with Crippen LogP contribution in [0.25, 0.3) is 0 Å². The molecule has 0 heterocycles. The van der Waals surface area contributed by atoms with E-state index < -0.39 is 0 Å². The van der Waals surface area contributed by atoms with Crippen LogP contribution in [-0.4, -0.2) is 0 Å². The van der Waals surface area contributed by atoms with Crippen LogP contribution in [-0.2, 0) is 0 Å². The summed E-state index contributed by atoms with van der Waals surface area (Å²) in [6.45, 7) is 9.40. The van der Waals surface area contributed by atoms with E-state index in [0.717, 1.165) is 5.02 Å². The number of hydrogen-bond acceptors (Lipinski definition) is 0. The SMILES string of the molecule is CC1(C)C(C(Br)c2ccc(Cl)cc2)C1(C)C. The van der Waals surface area contributed by atoms with Crippen LogP contribution >= 0.6 is 27.5 Å². The van der Waals surface area contributed by atoms with E-state index in [0.29, 0.717) is 21.6 Å². The predicted octanol–water partition coefficient (Wildman–Crippen LogP) is 5.46. The van der Waals surface area contributed by atoms with Gasteiger partial charge in [-0.3, -0.25) is 0 Å². The second-order valence-corrected chi connectivity index (χ2v) is 7.30. The normalized spacial score (nSPS) is 24.1. The van der Waals surface area contributed by atoms with Gasteiger partial charge in [-0.15, -0.1) is 0 Å². The highest BCUT2D eigenvalue weighted by molar-refractivity contribution is 9.09. The maximum absolute atomic E-state index is 5.91. The Bertz CT molecular complexity index is 378. The summed E-state index contributed by atoms with van der Waals surface area (Å²) in [6, 6.07) is 8.17. The molecule has 1 aliphatic carbocycles. The van der Waals surface area contributed by atoms with E-state index in [1.807, 2.05) is 12.1 Å². The Labute approximate surface area is 112 Å². The molecule has 0 N–H and O–H groups in total. The number of halogens is 2. The van der Waals surface area contributed by atoms with Crippen LogP contribution in [0.2, 0.25) is 5.02 Å². The molecule has 0 amide bonds. The van der Waals surface area contributed by atoms with Gasteiger partial charge < -0.3 is 0 Å². The molecule has 1 saturated carbocycles. The summed E-state index contributed by atoms with van der Waals surface area (Å²) < 4.78 is 0. The third kappa shape index (κ3) is 1.73. The second-order valence-electron chi connectivity index (χ2n) is 5.87. The summed E-state index contributed by atoms with van der Waals surface area (Å²) in [7, 11) is 0. The Morgan fingerprint density at radius 1 is 1.06 bits per heavy atom. The van der Waals surface area contributed by atoms with E-state index in [1.54, 1.807) is 0 Å². The van der Waals surface area contributed by atoms with Crippen molar-refractivity contribution in [3.8, 4) is 0 Å². The monoisotopic (exact) mass is 300 g/mol. The van der Waals surface area contributed by atoms with Gasteiger partial charge in [0.2, 0.25) is 0 Å². The Hall–Kier alpha value is -0.0100. The number of hydrogen-bond donors (Lipinski definition) is 0. The van der Waals surface area contributed by atoms with Crippen molar-refractivity contribution < 1.29 is 0 Å². The van der Waals surface area contributed by atoms with Crippen molar-refractivity contribution >= 4 is 27.5 Å². The van der Waals surface area contributed by atoms with Gasteiger partial charge >= 0.3 is 0 Å². The molecule has 1 aromatic rings. The molecule has 1 atom stereocenters. The fraction of sp³-hybridized carbons (Fsp3) is 0.571. The lowest BCUT2D eigenvalue weighted by atomic mass is 10.0. The molecular formula is C14H18BrCl. The summed E-state index contributed by atoms with van der Waals surface area (Å²) in [5.74, 6) is 0.682. The van der Waals surface area contributed by atoms with Gasteiger partial charge in [0.15, 0.2) is 0 Å². The van der Waals surface area contributed by atoms with E-state index in [2.05, 4.69) is 55.8 Å². The molecule has 1 aliphatic rings. The minimum atomic E-state index is 0.404. The van der Waals surface area contributed by atoms with Gasteiger partial charge in [-0.2, -0.15) is 0 Å². The second kappa shape index (κ2) is 3.74. The molecule has 0 aromatic heterocycles. The molecule has 0 nitrogen and oxygen atoms in total. The first kappa shape index (κ1) is 12.4. The largest absolute Gasteiger partial charge is 0.0843 e. The molecule has 2 rings (SSSR count). The minimum Gasteiger partial charge on any atom is -0.0843 e. The molecule has 0 aliphatic heterocycles. The molecule has 2 heteroatoms. The van der Waals surface area contributed by atoms with Gasteiger partial charge in [0.1, 0.15) is 0 Å². The van der Waals surface area contributed by atoms with E-state index in [1.165, 1.54) is 5.56 Å². The smallest absolute Gasteiger partial charge is 0.0434 e. The van der Waals surface area contributed by atoms with Gasteiger partial charge in [-0.1, -0.05) is 67.4 Å². The van der Waals surface area contributed by atoms with Crippen molar-refractivity contribution in [2.75, 3.05) is 0 Å². The fourth-order valence-corrected chi connectivity index (χ4v) is 4.57. The number of alkyl halides is 1. The molecule has 0 radical (unpaired) electrons. The zero-order valence-corrected chi connectivity index (χ0v) is 12.6. The average molecular weight is 302 g/mol. The highest BCUT2D eigenvalue weighted by Crippen LogP contribution is 2.73. The highest BCUT2D eigenvalue weighted by Gasteiger charge is 2.66. The van der Waals surface area contributed by atoms with Crippen LogP contribution in [0.1, 0.15) is 38.1 Å². The molecule has 1 aromatic carbocycles. The zero-order valence-electron chi connectivity index (χ0n) is 10.2. The first-order chi connectivity index (χ1) is 7.28. The Morgan fingerprint density at radius 2 is 1.50 bits per heavy atom. The topological polar surface area (TPSA) is 0 Å². The average Bonchev–Trinajstić information content (AvgIpc) is 2.57. The van der Waals surface area contributed by atoms with Crippen molar-refractivity contribution in [2.24, 2.45) is 16.7 Å². The molecule has 0 saturated heterocycles. The number of rotatable bonds is 2. The molecule has 1 unspecified atom stereocenters. The quantitative estimate of drug-likeness (QED) is 0.636. The standard InChI is InChI=1S/C14H18BrCl/c1-13(2)12(14(13,3)4)11(15)9-5-7-10(16)8-6-9/h5-8,11-12H,1-4H3. The van der Waals surface area contributed by atoms with Crippen molar-refractivity contribution in [2.45, 2.75) is 32.5 Å². The lowest BCUT2D eigenvalue weighted by Gasteiger charge is -2.12. The lowest BCUT2D eigenvalue weighted by Crippen LogP contribution is -1.98. The zero-order chi connectivity index (χ0) is 12.1. The molecule has 88 valence electrons. The Kier molecular flexibility index (Phi) is 2.91. The summed E-state index contributed by atoms with van der Waals surface area (Å²) in [5.41, 5.74) is 2.13. The van der Waals surface area contributed by atoms with Gasteiger partial charge in [-0.05, 0) is 34.4 Å². The molecular weight excluding hydrogens is 284 g/mol. The third-order valence-corrected chi connectivity index (χ3v) is 5.92. The first-order valence-electron chi connectivity index (χ1n) is 5.68. The van der Waals surface area contributed by atoms with Gasteiger partial charge in [0.25, 0.3) is 0 Å². The van der Waals surface area contributed by atoms with Gasteiger partial charge in [0.05, 0.1) is 0 Å². The van der Waals surface area contributed by atoms with Crippen molar-refractivity contribution in [1.29, 1.82) is 0 Å². The molecule has 0 spiro atoms. The Morgan fingerprint density at radius 3 is 1.88 bits per heavy atom. The van der Waals surface area contributed by atoms with Crippen LogP contribution in [0.15, 0.2) is 24.3 Å². The van der Waals surface area contributed by atoms with Crippen LogP contribution in [0.3, 0.4) is 0 Å². The van der Waals surface area contributed by atoms with E-state index >= 15 is 0 Å². The first-order valence-corrected chi connectivity index (χ1v) is 6.97.